The largest absolute Gasteiger partial charge is 0.497 e. The van der Waals surface area contributed by atoms with Crippen molar-refractivity contribution in [3.05, 3.63) is 48.6 Å². The third kappa shape index (κ3) is 2.51. The fraction of sp³-hybridized carbons (Fsp3) is 0.154. The van der Waals surface area contributed by atoms with Gasteiger partial charge in [-0.1, -0.05) is 25.3 Å². The number of rotatable bonds is 4. The molecule has 84 valence electrons. The molecule has 0 aliphatic carbocycles. The zero-order valence-corrected chi connectivity index (χ0v) is 9.45. The summed E-state index contributed by atoms with van der Waals surface area (Å²) in [5.41, 5.74) is 1.62. The monoisotopic (exact) mass is 218 g/mol. The van der Waals surface area contributed by atoms with Gasteiger partial charge >= 0.3 is 5.97 Å². The molecule has 0 atom stereocenters. The molecule has 3 nitrogen and oxygen atoms in total. The van der Waals surface area contributed by atoms with Crippen LogP contribution in [0, 0.1) is 0 Å². The van der Waals surface area contributed by atoms with Gasteiger partial charge in [-0.2, -0.15) is 0 Å². The van der Waals surface area contributed by atoms with Gasteiger partial charge in [0, 0.05) is 0 Å². The molecule has 0 saturated heterocycles. The quantitative estimate of drug-likeness (QED) is 0.442. The average Bonchev–Trinajstić information content (AvgIpc) is 2.36. The predicted octanol–water partition coefficient (Wildman–Crippen LogP) is 2.44. The minimum Gasteiger partial charge on any atom is -0.497 e. The highest BCUT2D eigenvalue weighted by atomic mass is 16.5. The number of hydrogen-bond donors (Lipinski definition) is 0. The van der Waals surface area contributed by atoms with E-state index in [2.05, 4.69) is 17.9 Å². The Kier molecular flexibility index (Phi) is 3.89. The van der Waals surface area contributed by atoms with Crippen LogP contribution in [-0.2, 0) is 9.53 Å². The maximum Gasteiger partial charge on any atom is 0.337 e. The maximum absolute atomic E-state index is 11.2. The summed E-state index contributed by atoms with van der Waals surface area (Å²) in [6, 6.07) is 7.22. The second-order valence-corrected chi connectivity index (χ2v) is 3.18. The van der Waals surface area contributed by atoms with Gasteiger partial charge in [-0.25, -0.2) is 4.79 Å². The minimum atomic E-state index is -0.471. The van der Waals surface area contributed by atoms with E-state index in [4.69, 9.17) is 4.74 Å². The lowest BCUT2D eigenvalue weighted by molar-refractivity contribution is -0.135. The van der Waals surface area contributed by atoms with Gasteiger partial charge in [-0.15, -0.1) is 0 Å². The Morgan fingerprint density at radius 3 is 2.12 bits per heavy atom. The Hall–Kier alpha value is -2.03. The molecule has 0 bridgehead atoms. The lowest BCUT2D eigenvalue weighted by Crippen LogP contribution is -2.04. The molecule has 0 fully saturated rings. The van der Waals surface area contributed by atoms with E-state index in [9.17, 15) is 4.79 Å². The van der Waals surface area contributed by atoms with Crippen LogP contribution >= 0.6 is 0 Å². The highest BCUT2D eigenvalue weighted by Crippen LogP contribution is 2.22. The molecule has 0 saturated carbocycles. The molecule has 1 aromatic carbocycles. The van der Waals surface area contributed by atoms with E-state index in [1.54, 1.807) is 19.2 Å². The topological polar surface area (TPSA) is 35.5 Å². The predicted molar refractivity (Wildman–Crippen MR) is 63.2 cm³/mol. The van der Waals surface area contributed by atoms with Gasteiger partial charge in [-0.3, -0.25) is 0 Å². The van der Waals surface area contributed by atoms with Crippen molar-refractivity contribution in [2.24, 2.45) is 0 Å². The van der Waals surface area contributed by atoms with Crippen molar-refractivity contribution in [1.82, 2.24) is 0 Å². The summed E-state index contributed by atoms with van der Waals surface area (Å²) in [4.78, 5) is 11.2. The Bertz CT molecular complexity index is 415. The van der Waals surface area contributed by atoms with E-state index in [1.807, 2.05) is 12.1 Å². The third-order valence-electron chi connectivity index (χ3n) is 2.23. The molecule has 0 heterocycles. The average molecular weight is 218 g/mol. The van der Waals surface area contributed by atoms with Crippen LogP contribution < -0.4 is 4.74 Å². The summed E-state index contributed by atoms with van der Waals surface area (Å²) in [5, 5.41) is 0. The summed E-state index contributed by atoms with van der Waals surface area (Å²) in [6.45, 7) is 7.45. The number of ether oxygens (including phenoxy) is 2. The Morgan fingerprint density at radius 2 is 1.69 bits per heavy atom. The van der Waals surface area contributed by atoms with Crippen molar-refractivity contribution in [3.8, 4) is 5.75 Å². The van der Waals surface area contributed by atoms with Crippen LogP contribution in [0.4, 0.5) is 0 Å². The van der Waals surface area contributed by atoms with Gasteiger partial charge in [0.15, 0.2) is 0 Å². The summed E-state index contributed by atoms with van der Waals surface area (Å²) in [6.07, 6.45) is 0. The molecule has 1 aromatic rings. The molecule has 0 amide bonds. The normalized spacial score (nSPS) is 9.38. The van der Waals surface area contributed by atoms with Crippen LogP contribution in [0.15, 0.2) is 43.0 Å². The van der Waals surface area contributed by atoms with E-state index in [-0.39, 0.29) is 5.57 Å². The Labute approximate surface area is 95.0 Å². The molecule has 0 radical (unpaired) electrons. The first-order chi connectivity index (χ1) is 7.60. The van der Waals surface area contributed by atoms with E-state index >= 15 is 0 Å². The highest BCUT2D eigenvalue weighted by molar-refractivity contribution is 6.04. The SMILES string of the molecule is C=C(C(=C)c1ccc(OC)cc1)C(=O)OC. The van der Waals surface area contributed by atoms with Crippen molar-refractivity contribution in [2.75, 3.05) is 14.2 Å². The second-order valence-electron chi connectivity index (χ2n) is 3.18. The van der Waals surface area contributed by atoms with Crippen molar-refractivity contribution >= 4 is 11.5 Å². The minimum absolute atomic E-state index is 0.257. The zero-order valence-electron chi connectivity index (χ0n) is 9.45. The molecule has 0 aliphatic heterocycles. The molecule has 0 N–H and O–H groups in total. The highest BCUT2D eigenvalue weighted by Gasteiger charge is 2.11. The van der Waals surface area contributed by atoms with Gasteiger partial charge in [0.05, 0.1) is 19.8 Å². The molecule has 16 heavy (non-hydrogen) atoms. The summed E-state index contributed by atoms with van der Waals surface area (Å²) >= 11 is 0. The number of carbonyl (C=O) groups excluding carboxylic acids is 1. The lowest BCUT2D eigenvalue weighted by Gasteiger charge is -2.08. The number of benzene rings is 1. The second kappa shape index (κ2) is 5.16. The molecule has 3 heteroatoms. The number of esters is 1. The van der Waals surface area contributed by atoms with Crippen LogP contribution in [0.3, 0.4) is 0 Å². The molecular weight excluding hydrogens is 204 g/mol. The van der Waals surface area contributed by atoms with Crippen molar-refractivity contribution < 1.29 is 14.3 Å². The fourth-order valence-corrected chi connectivity index (χ4v) is 1.21. The first kappa shape index (κ1) is 12.0. The van der Waals surface area contributed by atoms with Gasteiger partial charge < -0.3 is 9.47 Å². The molecule has 1 rings (SSSR count). The van der Waals surface area contributed by atoms with Crippen LogP contribution in [-0.4, -0.2) is 20.2 Å². The van der Waals surface area contributed by atoms with Crippen LogP contribution in [0.5, 0.6) is 5.75 Å². The van der Waals surface area contributed by atoms with Gasteiger partial charge in [0.1, 0.15) is 5.75 Å². The fourth-order valence-electron chi connectivity index (χ4n) is 1.21. The first-order valence-electron chi connectivity index (χ1n) is 4.71. The molecule has 0 unspecified atom stereocenters. The smallest absolute Gasteiger partial charge is 0.337 e. The van der Waals surface area contributed by atoms with Crippen molar-refractivity contribution in [2.45, 2.75) is 0 Å². The van der Waals surface area contributed by atoms with Gasteiger partial charge in [0.25, 0.3) is 0 Å². The Balaban J connectivity index is 2.88. The number of hydrogen-bond acceptors (Lipinski definition) is 3. The summed E-state index contributed by atoms with van der Waals surface area (Å²) in [7, 11) is 2.91. The standard InChI is InChI=1S/C13H14O3/c1-9(10(2)13(14)16-4)11-5-7-12(15-3)8-6-11/h5-8H,1-2H2,3-4H3. The van der Waals surface area contributed by atoms with Gasteiger partial charge in [-0.05, 0) is 23.3 Å². The van der Waals surface area contributed by atoms with E-state index in [0.29, 0.717) is 5.57 Å². The first-order valence-corrected chi connectivity index (χ1v) is 4.71. The van der Waals surface area contributed by atoms with Crippen LogP contribution in [0.1, 0.15) is 5.56 Å². The summed E-state index contributed by atoms with van der Waals surface area (Å²) < 4.78 is 9.61. The Morgan fingerprint density at radius 1 is 1.12 bits per heavy atom. The van der Waals surface area contributed by atoms with E-state index in [0.717, 1.165) is 11.3 Å². The molecule has 0 aromatic heterocycles. The van der Waals surface area contributed by atoms with E-state index in [1.165, 1.54) is 7.11 Å². The number of carbonyl (C=O) groups is 1. The van der Waals surface area contributed by atoms with Gasteiger partial charge in [0.2, 0.25) is 0 Å². The zero-order chi connectivity index (χ0) is 12.1. The molecule has 0 aliphatic rings. The van der Waals surface area contributed by atoms with Crippen molar-refractivity contribution in [1.29, 1.82) is 0 Å². The van der Waals surface area contributed by atoms with Crippen LogP contribution in [0.25, 0.3) is 5.57 Å². The summed E-state index contributed by atoms with van der Waals surface area (Å²) in [5.74, 6) is 0.279. The lowest BCUT2D eigenvalue weighted by atomic mass is 10.0. The third-order valence-corrected chi connectivity index (χ3v) is 2.23. The van der Waals surface area contributed by atoms with Crippen molar-refractivity contribution in [3.63, 3.8) is 0 Å². The van der Waals surface area contributed by atoms with Crippen LogP contribution in [0.2, 0.25) is 0 Å². The maximum atomic E-state index is 11.2. The number of methoxy groups -OCH3 is 2. The molecule has 0 spiro atoms. The van der Waals surface area contributed by atoms with E-state index < -0.39 is 5.97 Å². The molecular formula is C13H14O3.